The summed E-state index contributed by atoms with van der Waals surface area (Å²) in [6, 6.07) is 17.3. The fourth-order valence-electron chi connectivity index (χ4n) is 3.71. The molecule has 0 aromatic heterocycles. The molecule has 7 nitrogen and oxygen atoms in total. The summed E-state index contributed by atoms with van der Waals surface area (Å²) in [4.78, 5) is 14.3. The van der Waals surface area contributed by atoms with Crippen LogP contribution in [0.25, 0.3) is 0 Å². The number of nitrogens with zero attached hydrogens (tertiary/aromatic N) is 2. The maximum absolute atomic E-state index is 14.7. The Morgan fingerprint density at radius 3 is 2.32 bits per heavy atom. The molecule has 1 fully saturated rings. The zero-order chi connectivity index (χ0) is 24.3. The van der Waals surface area contributed by atoms with Crippen molar-refractivity contribution < 1.29 is 22.3 Å². The number of amides is 1. The van der Waals surface area contributed by atoms with Gasteiger partial charge in [0.1, 0.15) is 11.6 Å². The predicted octanol–water partition coefficient (Wildman–Crippen LogP) is 4.25. The van der Waals surface area contributed by atoms with Gasteiger partial charge in [-0.05, 0) is 60.7 Å². The highest BCUT2D eigenvalue weighted by Gasteiger charge is 2.29. The Labute approximate surface area is 202 Å². The van der Waals surface area contributed by atoms with Crippen LogP contribution in [0.15, 0.2) is 71.6 Å². The first-order valence-electron chi connectivity index (χ1n) is 10.5. The van der Waals surface area contributed by atoms with Crippen LogP contribution in [-0.2, 0) is 10.0 Å². The molecule has 1 saturated heterocycles. The molecule has 34 heavy (non-hydrogen) atoms. The summed E-state index contributed by atoms with van der Waals surface area (Å²) in [5, 5.41) is 2.82. The van der Waals surface area contributed by atoms with Gasteiger partial charge in [0.05, 0.1) is 17.7 Å². The largest absolute Gasteiger partial charge is 0.497 e. The summed E-state index contributed by atoms with van der Waals surface area (Å²) in [5.74, 6) is -0.640. The molecule has 4 rings (SSSR count). The van der Waals surface area contributed by atoms with Crippen molar-refractivity contribution in [2.24, 2.45) is 0 Å². The van der Waals surface area contributed by atoms with Crippen molar-refractivity contribution in [1.29, 1.82) is 0 Å². The highest BCUT2D eigenvalue weighted by Crippen LogP contribution is 2.26. The number of carbonyl (C=O) groups excluding carboxylic acids is 1. The predicted molar refractivity (Wildman–Crippen MR) is 130 cm³/mol. The molecule has 0 saturated carbocycles. The fourth-order valence-corrected chi connectivity index (χ4v) is 5.34. The first-order chi connectivity index (χ1) is 16.3. The number of carbonyl (C=O) groups is 1. The van der Waals surface area contributed by atoms with E-state index >= 15 is 0 Å². The van der Waals surface area contributed by atoms with E-state index in [1.54, 1.807) is 25.3 Å². The van der Waals surface area contributed by atoms with E-state index in [2.05, 4.69) is 10.2 Å². The molecule has 0 bridgehead atoms. The number of nitrogens with one attached hydrogen (secondary N) is 1. The minimum atomic E-state index is -3.89. The van der Waals surface area contributed by atoms with Crippen LogP contribution in [0.3, 0.4) is 0 Å². The van der Waals surface area contributed by atoms with Crippen molar-refractivity contribution in [3.05, 3.63) is 83.1 Å². The van der Waals surface area contributed by atoms with Gasteiger partial charge in [-0.15, -0.1) is 0 Å². The number of methoxy groups -OCH3 is 1. The van der Waals surface area contributed by atoms with E-state index in [4.69, 9.17) is 16.3 Å². The number of hydrogen-bond acceptors (Lipinski definition) is 5. The highest BCUT2D eigenvalue weighted by atomic mass is 35.5. The van der Waals surface area contributed by atoms with Gasteiger partial charge in [-0.2, -0.15) is 4.31 Å². The van der Waals surface area contributed by atoms with Crippen LogP contribution in [0.5, 0.6) is 5.75 Å². The van der Waals surface area contributed by atoms with Crippen LogP contribution in [0.2, 0.25) is 5.02 Å². The lowest BCUT2D eigenvalue weighted by Crippen LogP contribution is -2.48. The Morgan fingerprint density at radius 1 is 1.00 bits per heavy atom. The Bertz CT molecular complexity index is 1290. The monoisotopic (exact) mass is 503 g/mol. The molecule has 1 N–H and O–H groups in total. The highest BCUT2D eigenvalue weighted by molar-refractivity contribution is 7.89. The second kappa shape index (κ2) is 10.0. The standard InChI is InChI=1S/C24H23ClFN3O4S/c1-33-20-7-5-19(6-8-20)28-11-13-29(14-12-28)34(31,32)21-9-10-23(22(26)16-21)27-24(30)17-3-2-4-18(25)15-17/h2-10,15-16H,11-14H2,1H3,(H,27,30). The topological polar surface area (TPSA) is 79.0 Å². The number of rotatable bonds is 6. The van der Waals surface area contributed by atoms with Crippen molar-refractivity contribution >= 4 is 38.9 Å². The molecule has 3 aromatic carbocycles. The van der Waals surface area contributed by atoms with E-state index in [0.29, 0.717) is 18.1 Å². The fraction of sp³-hybridized carbons (Fsp3) is 0.208. The number of sulfonamides is 1. The lowest BCUT2D eigenvalue weighted by Gasteiger charge is -2.35. The van der Waals surface area contributed by atoms with Crippen LogP contribution in [0, 0.1) is 5.82 Å². The molecule has 0 radical (unpaired) electrons. The number of benzene rings is 3. The van der Waals surface area contributed by atoms with Crippen molar-refractivity contribution in [2.75, 3.05) is 43.5 Å². The van der Waals surface area contributed by atoms with Gasteiger partial charge in [-0.3, -0.25) is 4.79 Å². The van der Waals surface area contributed by atoms with E-state index in [1.807, 2.05) is 24.3 Å². The molecule has 10 heteroatoms. The van der Waals surface area contributed by atoms with Crippen LogP contribution in [0.1, 0.15) is 10.4 Å². The van der Waals surface area contributed by atoms with Crippen molar-refractivity contribution in [2.45, 2.75) is 4.90 Å². The third-order valence-electron chi connectivity index (χ3n) is 5.59. The summed E-state index contributed by atoms with van der Waals surface area (Å²) in [7, 11) is -2.29. The first-order valence-corrected chi connectivity index (χ1v) is 12.4. The van der Waals surface area contributed by atoms with Gasteiger partial charge in [-0.1, -0.05) is 17.7 Å². The zero-order valence-electron chi connectivity index (χ0n) is 18.4. The van der Waals surface area contributed by atoms with Gasteiger partial charge in [0, 0.05) is 42.5 Å². The smallest absolute Gasteiger partial charge is 0.255 e. The Kier molecular flexibility index (Phi) is 7.06. The maximum Gasteiger partial charge on any atom is 0.255 e. The average Bonchev–Trinajstić information content (AvgIpc) is 2.85. The van der Waals surface area contributed by atoms with Crippen LogP contribution in [-0.4, -0.2) is 51.9 Å². The molecule has 1 aliphatic rings. The van der Waals surface area contributed by atoms with Crippen LogP contribution in [0.4, 0.5) is 15.8 Å². The maximum atomic E-state index is 14.7. The van der Waals surface area contributed by atoms with Crippen LogP contribution >= 0.6 is 11.6 Å². The molecule has 3 aromatic rings. The van der Waals surface area contributed by atoms with Gasteiger partial charge in [-0.25, -0.2) is 12.8 Å². The number of hydrogen-bond donors (Lipinski definition) is 1. The third-order valence-corrected chi connectivity index (χ3v) is 7.72. The number of halogens is 2. The molecule has 0 unspecified atom stereocenters. The summed E-state index contributed by atoms with van der Waals surface area (Å²) < 4.78 is 47.4. The minimum Gasteiger partial charge on any atom is -0.497 e. The summed E-state index contributed by atoms with van der Waals surface area (Å²) in [6.45, 7) is 1.54. The van der Waals surface area contributed by atoms with Gasteiger partial charge < -0.3 is 15.0 Å². The quantitative estimate of drug-likeness (QED) is 0.544. The van der Waals surface area contributed by atoms with E-state index in [9.17, 15) is 17.6 Å². The molecule has 0 spiro atoms. The zero-order valence-corrected chi connectivity index (χ0v) is 19.9. The van der Waals surface area contributed by atoms with Gasteiger partial charge in [0.25, 0.3) is 5.91 Å². The lowest BCUT2D eigenvalue weighted by atomic mass is 10.2. The number of ether oxygens (including phenoxy) is 1. The molecule has 178 valence electrons. The third kappa shape index (κ3) is 5.16. The molecule has 1 heterocycles. The van der Waals surface area contributed by atoms with E-state index in [0.717, 1.165) is 17.5 Å². The second-order valence-corrected chi connectivity index (χ2v) is 10.1. The minimum absolute atomic E-state index is 0.117. The van der Waals surface area contributed by atoms with Gasteiger partial charge in [0.2, 0.25) is 10.0 Å². The second-order valence-electron chi connectivity index (χ2n) is 7.70. The molecular weight excluding hydrogens is 481 g/mol. The summed E-state index contributed by atoms with van der Waals surface area (Å²) >= 11 is 5.89. The van der Waals surface area contributed by atoms with Crippen molar-refractivity contribution in [1.82, 2.24) is 4.31 Å². The molecule has 0 atom stereocenters. The Morgan fingerprint density at radius 2 is 1.71 bits per heavy atom. The molecule has 0 aliphatic carbocycles. The first kappa shape index (κ1) is 24.0. The summed E-state index contributed by atoms with van der Waals surface area (Å²) in [5.41, 5.74) is 1.12. The van der Waals surface area contributed by atoms with Crippen molar-refractivity contribution in [3.63, 3.8) is 0 Å². The normalized spacial score (nSPS) is 14.6. The molecule has 1 aliphatic heterocycles. The molecular formula is C24H23ClFN3O4S. The van der Waals surface area contributed by atoms with E-state index in [-0.39, 0.29) is 29.2 Å². The van der Waals surface area contributed by atoms with E-state index in [1.165, 1.54) is 22.5 Å². The van der Waals surface area contributed by atoms with Crippen LogP contribution < -0.4 is 15.0 Å². The van der Waals surface area contributed by atoms with E-state index < -0.39 is 21.7 Å². The average molecular weight is 504 g/mol. The number of piperazine rings is 1. The van der Waals surface area contributed by atoms with Crippen molar-refractivity contribution in [3.8, 4) is 5.75 Å². The Balaban J connectivity index is 1.43. The lowest BCUT2D eigenvalue weighted by molar-refractivity contribution is 0.102. The SMILES string of the molecule is COc1ccc(N2CCN(S(=O)(=O)c3ccc(NC(=O)c4cccc(Cl)c4)c(F)c3)CC2)cc1. The molecule has 1 amide bonds. The number of anilines is 2. The van der Waals surface area contributed by atoms with Gasteiger partial charge >= 0.3 is 0 Å². The van der Waals surface area contributed by atoms with Gasteiger partial charge in [0.15, 0.2) is 0 Å². The Hall–Kier alpha value is -3.14. The summed E-state index contributed by atoms with van der Waals surface area (Å²) in [6.07, 6.45) is 0.